The van der Waals surface area contributed by atoms with Crippen LogP contribution in [0.25, 0.3) is 0 Å². The Morgan fingerprint density at radius 2 is 2.21 bits per heavy atom. The van der Waals surface area contributed by atoms with Crippen molar-refractivity contribution in [2.24, 2.45) is 0 Å². The first kappa shape index (κ1) is 17.8. The monoisotopic (exact) mass is 338 g/mol. The van der Waals surface area contributed by atoms with Crippen molar-refractivity contribution in [1.82, 2.24) is 10.3 Å². The van der Waals surface area contributed by atoms with Crippen LogP contribution >= 0.6 is 0 Å². The lowest BCUT2D eigenvalue weighted by Gasteiger charge is -2.34. The number of aromatic nitrogens is 1. The van der Waals surface area contributed by atoms with E-state index >= 15 is 0 Å². The number of nitrogens with one attached hydrogen (secondary N) is 2. The smallest absolute Gasteiger partial charge is 0.407 e. The highest BCUT2D eigenvalue weighted by molar-refractivity contribution is 5.68. The number of ether oxygens (including phenoxy) is 1. The predicted molar refractivity (Wildman–Crippen MR) is 88.3 cm³/mol. The molecule has 1 fully saturated rings. The summed E-state index contributed by atoms with van der Waals surface area (Å²) in [6.45, 7) is 6.29. The number of nitrogens with zero attached hydrogens (tertiary/aromatic N) is 2. The Bertz CT molecular complexity index is 679. The summed E-state index contributed by atoms with van der Waals surface area (Å²) < 4.78 is 5.23. The van der Waals surface area contributed by atoms with E-state index in [0.717, 1.165) is 12.8 Å². The van der Waals surface area contributed by atoms with E-state index in [2.05, 4.69) is 10.3 Å². The van der Waals surface area contributed by atoms with Gasteiger partial charge in [0.2, 0.25) is 0 Å². The van der Waals surface area contributed by atoms with Gasteiger partial charge in [0, 0.05) is 25.3 Å². The fourth-order valence-corrected chi connectivity index (χ4v) is 2.68. The number of anilines is 1. The van der Waals surface area contributed by atoms with Crippen LogP contribution in [0.2, 0.25) is 0 Å². The molecule has 0 aromatic carbocycles. The second-order valence-corrected chi connectivity index (χ2v) is 6.73. The first-order valence-electron chi connectivity index (χ1n) is 7.78. The maximum absolute atomic E-state index is 11.9. The van der Waals surface area contributed by atoms with Gasteiger partial charge in [0.1, 0.15) is 11.3 Å². The van der Waals surface area contributed by atoms with Gasteiger partial charge in [-0.2, -0.15) is 0 Å². The first-order chi connectivity index (χ1) is 11.2. The second-order valence-electron chi connectivity index (χ2n) is 6.73. The number of hydrogen-bond donors (Lipinski definition) is 2. The van der Waals surface area contributed by atoms with Crippen LogP contribution < -0.4 is 15.8 Å². The van der Waals surface area contributed by atoms with Gasteiger partial charge in [0.15, 0.2) is 0 Å². The van der Waals surface area contributed by atoms with Crippen LogP contribution in [0.1, 0.15) is 33.6 Å². The number of nitro groups is 1. The molecule has 1 unspecified atom stereocenters. The van der Waals surface area contributed by atoms with Crippen molar-refractivity contribution in [2.45, 2.75) is 45.3 Å². The number of carbonyl (C=O) groups excluding carboxylic acids is 1. The Morgan fingerprint density at radius 1 is 1.50 bits per heavy atom. The van der Waals surface area contributed by atoms with Gasteiger partial charge in [-0.15, -0.1) is 0 Å². The molecule has 0 spiro atoms. The SMILES string of the molecule is CC(C)(C)OC(=O)NC1CCCN(c2cc[nH]c(=O)c2[N+](=O)[O-])C1. The molecule has 1 aromatic rings. The Kier molecular flexibility index (Phi) is 5.10. The van der Waals surface area contributed by atoms with Gasteiger partial charge in [-0.1, -0.05) is 0 Å². The van der Waals surface area contributed by atoms with Gasteiger partial charge < -0.3 is 19.9 Å². The Morgan fingerprint density at radius 3 is 2.83 bits per heavy atom. The van der Waals surface area contributed by atoms with Crippen LogP contribution in [-0.4, -0.2) is 40.7 Å². The van der Waals surface area contributed by atoms with Crippen LogP contribution in [0.15, 0.2) is 17.1 Å². The Labute approximate surface area is 139 Å². The van der Waals surface area contributed by atoms with Crippen molar-refractivity contribution in [3.63, 3.8) is 0 Å². The van der Waals surface area contributed by atoms with Crippen molar-refractivity contribution < 1.29 is 14.5 Å². The number of pyridine rings is 1. The normalized spacial score (nSPS) is 18.1. The molecule has 2 rings (SSSR count). The number of rotatable bonds is 3. The summed E-state index contributed by atoms with van der Waals surface area (Å²) in [5.74, 6) is 0. The van der Waals surface area contributed by atoms with E-state index in [1.807, 2.05) is 0 Å². The first-order valence-corrected chi connectivity index (χ1v) is 7.78. The van der Waals surface area contributed by atoms with Crippen LogP contribution in [0.3, 0.4) is 0 Å². The highest BCUT2D eigenvalue weighted by Gasteiger charge is 2.29. The highest BCUT2D eigenvalue weighted by atomic mass is 16.6. The third kappa shape index (κ3) is 4.46. The van der Waals surface area contributed by atoms with E-state index in [1.165, 1.54) is 12.3 Å². The van der Waals surface area contributed by atoms with Gasteiger partial charge in [-0.05, 0) is 39.7 Å². The van der Waals surface area contributed by atoms with Crippen molar-refractivity contribution in [3.8, 4) is 0 Å². The quantitative estimate of drug-likeness (QED) is 0.641. The lowest BCUT2D eigenvalue weighted by molar-refractivity contribution is -0.385. The summed E-state index contributed by atoms with van der Waals surface area (Å²) in [7, 11) is 0. The van der Waals surface area contributed by atoms with E-state index in [1.54, 1.807) is 25.7 Å². The minimum Gasteiger partial charge on any atom is -0.444 e. The molecule has 0 radical (unpaired) electrons. The maximum Gasteiger partial charge on any atom is 0.407 e. The summed E-state index contributed by atoms with van der Waals surface area (Å²) in [6.07, 6.45) is 2.35. The standard InChI is InChI=1S/C15H22N4O5/c1-15(2,3)24-14(21)17-10-5-4-8-18(9-10)11-6-7-16-13(20)12(11)19(22)23/h6-7,10H,4-5,8-9H2,1-3H3,(H,16,20)(H,17,21). The molecule has 1 amide bonds. The highest BCUT2D eigenvalue weighted by Crippen LogP contribution is 2.26. The molecule has 9 nitrogen and oxygen atoms in total. The summed E-state index contributed by atoms with van der Waals surface area (Å²) in [5, 5.41) is 14.0. The van der Waals surface area contributed by atoms with Crippen molar-refractivity contribution in [3.05, 3.63) is 32.7 Å². The average molecular weight is 338 g/mol. The molecule has 1 aliphatic rings. The van der Waals surface area contributed by atoms with Crippen molar-refractivity contribution >= 4 is 17.5 Å². The zero-order valence-electron chi connectivity index (χ0n) is 14.0. The fraction of sp³-hybridized carbons (Fsp3) is 0.600. The summed E-state index contributed by atoms with van der Waals surface area (Å²) in [4.78, 5) is 38.2. The zero-order chi connectivity index (χ0) is 17.9. The molecule has 1 aliphatic heterocycles. The van der Waals surface area contributed by atoms with Crippen LogP contribution in [0.4, 0.5) is 16.2 Å². The van der Waals surface area contributed by atoms with Gasteiger partial charge >= 0.3 is 17.3 Å². The van der Waals surface area contributed by atoms with E-state index < -0.39 is 27.9 Å². The number of amides is 1. The van der Waals surface area contributed by atoms with Crippen LogP contribution in [0, 0.1) is 10.1 Å². The number of aromatic amines is 1. The minimum absolute atomic E-state index is 0.201. The van der Waals surface area contributed by atoms with Gasteiger partial charge in [0.25, 0.3) is 0 Å². The van der Waals surface area contributed by atoms with Crippen molar-refractivity contribution in [1.29, 1.82) is 0 Å². The summed E-state index contributed by atoms with van der Waals surface area (Å²) in [6, 6.07) is 1.31. The zero-order valence-corrected chi connectivity index (χ0v) is 14.0. The van der Waals surface area contributed by atoms with Gasteiger partial charge in [-0.25, -0.2) is 4.79 Å². The second kappa shape index (κ2) is 6.90. The van der Waals surface area contributed by atoms with Gasteiger partial charge in [-0.3, -0.25) is 14.9 Å². The molecule has 9 heteroatoms. The summed E-state index contributed by atoms with van der Waals surface area (Å²) >= 11 is 0. The average Bonchev–Trinajstić information content (AvgIpc) is 2.44. The fourth-order valence-electron chi connectivity index (χ4n) is 2.68. The van der Waals surface area contributed by atoms with Crippen LogP contribution in [0.5, 0.6) is 0 Å². The van der Waals surface area contributed by atoms with Crippen molar-refractivity contribution in [2.75, 3.05) is 18.0 Å². The molecule has 132 valence electrons. The maximum atomic E-state index is 11.9. The number of piperidine rings is 1. The number of alkyl carbamates (subject to hydrolysis) is 1. The molecule has 1 saturated heterocycles. The molecule has 2 N–H and O–H groups in total. The third-order valence-corrected chi connectivity index (χ3v) is 3.58. The molecule has 0 aliphatic carbocycles. The van der Waals surface area contributed by atoms with E-state index in [4.69, 9.17) is 4.74 Å². The molecule has 1 atom stereocenters. The van der Waals surface area contributed by atoms with E-state index in [9.17, 15) is 19.7 Å². The number of H-pyrrole nitrogens is 1. The molecule has 1 aromatic heterocycles. The van der Waals surface area contributed by atoms with Crippen LogP contribution in [-0.2, 0) is 4.74 Å². The Balaban J connectivity index is 2.12. The number of carbonyl (C=O) groups is 1. The molecule has 0 saturated carbocycles. The molecule has 2 heterocycles. The minimum atomic E-state index is -0.736. The molecular weight excluding hydrogens is 316 g/mol. The third-order valence-electron chi connectivity index (χ3n) is 3.58. The molecular formula is C15H22N4O5. The molecule has 24 heavy (non-hydrogen) atoms. The molecule has 0 bridgehead atoms. The lowest BCUT2D eigenvalue weighted by atomic mass is 10.0. The lowest BCUT2D eigenvalue weighted by Crippen LogP contribution is -2.49. The van der Waals surface area contributed by atoms with Gasteiger partial charge in [0.05, 0.1) is 4.92 Å². The predicted octanol–water partition coefficient (Wildman–Crippen LogP) is 1.78. The Hall–Kier alpha value is -2.58. The summed E-state index contributed by atoms with van der Waals surface area (Å²) in [5.41, 5.74) is -1.54. The van der Waals surface area contributed by atoms with E-state index in [-0.39, 0.29) is 11.7 Å². The largest absolute Gasteiger partial charge is 0.444 e. The number of hydrogen-bond acceptors (Lipinski definition) is 6. The van der Waals surface area contributed by atoms with E-state index in [0.29, 0.717) is 13.1 Å². The topological polar surface area (TPSA) is 118 Å².